The lowest BCUT2D eigenvalue weighted by Gasteiger charge is -2.20. The fourth-order valence-electron chi connectivity index (χ4n) is 4.34. The monoisotopic (exact) mass is 404 g/mol. The minimum absolute atomic E-state index is 0.404. The van der Waals surface area contributed by atoms with Gasteiger partial charge < -0.3 is 14.7 Å². The van der Waals surface area contributed by atoms with Crippen molar-refractivity contribution in [3.05, 3.63) is 58.7 Å². The second-order valence-corrected chi connectivity index (χ2v) is 8.17. The summed E-state index contributed by atoms with van der Waals surface area (Å²) in [5.41, 5.74) is 7.29. The highest BCUT2D eigenvalue weighted by Crippen LogP contribution is 2.37. The molecule has 1 heterocycles. The van der Waals surface area contributed by atoms with Crippen molar-refractivity contribution in [3.63, 3.8) is 0 Å². The molecule has 4 rings (SSSR count). The summed E-state index contributed by atoms with van der Waals surface area (Å²) in [5.74, 6) is 1.27. The Morgan fingerprint density at radius 1 is 1.10 bits per heavy atom. The van der Waals surface area contributed by atoms with Crippen molar-refractivity contribution >= 4 is 0 Å². The first-order chi connectivity index (χ1) is 14.6. The molecular formula is C25H32N4O. The molecule has 0 fully saturated rings. The maximum Gasteiger partial charge on any atom is 0.258 e. The molecular weight excluding hydrogens is 372 g/mol. The van der Waals surface area contributed by atoms with Gasteiger partial charge in [0.25, 0.3) is 5.89 Å². The van der Waals surface area contributed by atoms with Gasteiger partial charge in [0.05, 0.1) is 0 Å². The average molecular weight is 405 g/mol. The number of aryl methyl sites for hydroxylation is 2. The zero-order valence-corrected chi connectivity index (χ0v) is 18.5. The maximum absolute atomic E-state index is 5.62. The van der Waals surface area contributed by atoms with Crippen LogP contribution in [-0.4, -0.2) is 41.2 Å². The van der Waals surface area contributed by atoms with E-state index in [9.17, 15) is 0 Å². The number of hydrogen-bond acceptors (Lipinski definition) is 5. The number of fused-ring (bicyclic) bond motifs is 1. The molecule has 1 atom stereocenters. The smallest absolute Gasteiger partial charge is 0.258 e. The summed E-state index contributed by atoms with van der Waals surface area (Å²) in [6.45, 7) is 13.0. The number of nitrogens with one attached hydrogen (secondary N) is 1. The lowest BCUT2D eigenvalue weighted by molar-refractivity contribution is 0.296. The van der Waals surface area contributed by atoms with Crippen molar-refractivity contribution in [2.75, 3.05) is 26.2 Å². The molecule has 1 aliphatic rings. The summed E-state index contributed by atoms with van der Waals surface area (Å²) >= 11 is 0. The minimum atomic E-state index is 0.404. The van der Waals surface area contributed by atoms with Crippen LogP contribution in [0.5, 0.6) is 0 Å². The van der Waals surface area contributed by atoms with Crippen molar-refractivity contribution in [2.24, 2.45) is 0 Å². The van der Waals surface area contributed by atoms with Gasteiger partial charge in [-0.05, 0) is 74.2 Å². The van der Waals surface area contributed by atoms with E-state index in [0.717, 1.165) is 50.1 Å². The molecule has 0 aliphatic heterocycles. The van der Waals surface area contributed by atoms with E-state index in [1.807, 2.05) is 6.07 Å². The largest absolute Gasteiger partial charge is 0.334 e. The lowest BCUT2D eigenvalue weighted by Crippen LogP contribution is -2.33. The molecule has 0 saturated heterocycles. The molecule has 1 unspecified atom stereocenters. The van der Waals surface area contributed by atoms with Gasteiger partial charge in [0.15, 0.2) is 0 Å². The highest BCUT2D eigenvalue weighted by atomic mass is 16.5. The summed E-state index contributed by atoms with van der Waals surface area (Å²) in [6.07, 6.45) is 2.16. The summed E-state index contributed by atoms with van der Waals surface area (Å²) in [6, 6.07) is 13.1. The standard InChI is InChI=1S/C25H32N4O/c1-5-29(6-2)15-14-26-23-13-12-20-21(23)8-7-9-22(20)24-27-25(30-28-24)19-11-10-17(3)18(4)16-19/h7-11,16,23,26H,5-6,12-15H2,1-4H3. The topological polar surface area (TPSA) is 54.2 Å². The van der Waals surface area contributed by atoms with Crippen LogP contribution in [0.3, 0.4) is 0 Å². The number of benzene rings is 2. The van der Waals surface area contributed by atoms with Gasteiger partial charge in [0, 0.05) is 30.3 Å². The van der Waals surface area contributed by atoms with Crippen molar-refractivity contribution in [2.45, 2.75) is 46.6 Å². The SMILES string of the molecule is CCN(CC)CCNC1CCc2c(-c3noc(-c4ccc(C)c(C)c4)n3)cccc21. The summed E-state index contributed by atoms with van der Waals surface area (Å²) in [7, 11) is 0. The Hall–Kier alpha value is -2.50. The first kappa shape index (κ1) is 20.8. The van der Waals surface area contributed by atoms with Gasteiger partial charge in [-0.15, -0.1) is 0 Å². The van der Waals surface area contributed by atoms with Gasteiger partial charge in [-0.25, -0.2) is 0 Å². The van der Waals surface area contributed by atoms with E-state index < -0.39 is 0 Å². The normalized spacial score (nSPS) is 15.7. The predicted molar refractivity (Wildman–Crippen MR) is 121 cm³/mol. The molecule has 0 amide bonds. The molecule has 1 aliphatic carbocycles. The van der Waals surface area contributed by atoms with Crippen LogP contribution in [0, 0.1) is 13.8 Å². The van der Waals surface area contributed by atoms with Crippen LogP contribution >= 0.6 is 0 Å². The molecule has 0 radical (unpaired) electrons. The van der Waals surface area contributed by atoms with Gasteiger partial charge >= 0.3 is 0 Å². The van der Waals surface area contributed by atoms with E-state index in [2.05, 4.69) is 73.4 Å². The Balaban J connectivity index is 1.52. The third kappa shape index (κ3) is 4.18. The fraction of sp³-hybridized carbons (Fsp3) is 0.440. The van der Waals surface area contributed by atoms with Gasteiger partial charge in [-0.1, -0.05) is 43.3 Å². The third-order valence-electron chi connectivity index (χ3n) is 6.40. The Morgan fingerprint density at radius 3 is 2.70 bits per heavy atom. The van der Waals surface area contributed by atoms with Gasteiger partial charge in [-0.2, -0.15) is 4.98 Å². The zero-order valence-electron chi connectivity index (χ0n) is 18.5. The fourth-order valence-corrected chi connectivity index (χ4v) is 4.34. The summed E-state index contributed by atoms with van der Waals surface area (Å²) in [5, 5.41) is 8.06. The van der Waals surface area contributed by atoms with Gasteiger partial charge in [0.2, 0.25) is 5.82 Å². The molecule has 0 bridgehead atoms. The number of nitrogens with zero attached hydrogens (tertiary/aromatic N) is 3. The maximum atomic E-state index is 5.62. The molecule has 2 aromatic carbocycles. The van der Waals surface area contributed by atoms with E-state index in [1.165, 1.54) is 22.3 Å². The molecule has 0 saturated carbocycles. The van der Waals surface area contributed by atoms with Crippen LogP contribution in [0.4, 0.5) is 0 Å². The number of aromatic nitrogens is 2. The summed E-state index contributed by atoms with van der Waals surface area (Å²) < 4.78 is 5.62. The van der Waals surface area contributed by atoms with E-state index in [-0.39, 0.29) is 0 Å². The first-order valence-electron chi connectivity index (χ1n) is 11.1. The molecule has 0 spiro atoms. The van der Waals surface area contributed by atoms with E-state index in [4.69, 9.17) is 9.51 Å². The van der Waals surface area contributed by atoms with Crippen molar-refractivity contribution in [1.82, 2.24) is 20.4 Å². The van der Waals surface area contributed by atoms with Crippen LogP contribution in [0.15, 0.2) is 40.9 Å². The number of rotatable bonds is 8. The van der Waals surface area contributed by atoms with Crippen LogP contribution in [-0.2, 0) is 6.42 Å². The van der Waals surface area contributed by atoms with E-state index >= 15 is 0 Å². The lowest BCUT2D eigenvalue weighted by atomic mass is 10.0. The predicted octanol–water partition coefficient (Wildman–Crippen LogP) is 4.94. The van der Waals surface area contributed by atoms with Crippen LogP contribution in [0.25, 0.3) is 22.8 Å². The Morgan fingerprint density at radius 2 is 1.93 bits per heavy atom. The van der Waals surface area contributed by atoms with E-state index in [0.29, 0.717) is 17.8 Å². The minimum Gasteiger partial charge on any atom is -0.334 e. The van der Waals surface area contributed by atoms with Crippen LogP contribution < -0.4 is 5.32 Å². The molecule has 5 heteroatoms. The van der Waals surface area contributed by atoms with Crippen molar-refractivity contribution in [1.29, 1.82) is 0 Å². The molecule has 1 N–H and O–H groups in total. The zero-order chi connectivity index (χ0) is 21.1. The Labute approximate surface area is 179 Å². The second kappa shape index (κ2) is 9.11. The van der Waals surface area contributed by atoms with Gasteiger partial charge in [0.1, 0.15) is 0 Å². The number of hydrogen-bond donors (Lipinski definition) is 1. The molecule has 158 valence electrons. The van der Waals surface area contributed by atoms with Crippen molar-refractivity contribution in [3.8, 4) is 22.8 Å². The Kier molecular flexibility index (Phi) is 6.30. The summed E-state index contributed by atoms with van der Waals surface area (Å²) in [4.78, 5) is 7.18. The second-order valence-electron chi connectivity index (χ2n) is 8.17. The quantitative estimate of drug-likeness (QED) is 0.576. The van der Waals surface area contributed by atoms with Crippen molar-refractivity contribution < 1.29 is 4.52 Å². The van der Waals surface area contributed by atoms with Crippen LogP contribution in [0.2, 0.25) is 0 Å². The number of likely N-dealkylation sites (N-methyl/N-ethyl adjacent to an activating group) is 1. The third-order valence-corrected chi connectivity index (χ3v) is 6.40. The first-order valence-corrected chi connectivity index (χ1v) is 11.1. The molecule has 1 aromatic heterocycles. The average Bonchev–Trinajstić information content (AvgIpc) is 3.41. The molecule has 30 heavy (non-hydrogen) atoms. The molecule has 3 aromatic rings. The Bertz CT molecular complexity index is 1010. The van der Waals surface area contributed by atoms with E-state index in [1.54, 1.807) is 0 Å². The van der Waals surface area contributed by atoms with Crippen LogP contribution in [0.1, 0.15) is 48.6 Å². The highest BCUT2D eigenvalue weighted by molar-refractivity contribution is 5.66. The van der Waals surface area contributed by atoms with Gasteiger partial charge in [-0.3, -0.25) is 0 Å². The molecule has 5 nitrogen and oxygen atoms in total. The highest BCUT2D eigenvalue weighted by Gasteiger charge is 2.26.